The van der Waals surface area contributed by atoms with Crippen LogP contribution in [0.25, 0.3) is 0 Å². The van der Waals surface area contributed by atoms with Crippen molar-refractivity contribution < 1.29 is 4.74 Å². The first kappa shape index (κ1) is 11.6. The van der Waals surface area contributed by atoms with Gasteiger partial charge in [0, 0.05) is 38.0 Å². The smallest absolute Gasteiger partial charge is 0.0779 e. The standard InChI is InChI=1S/C12H21N3O/c1-10(11-7-14-15(3)8-11)13-9-12(2)5-4-6-16-12/h7-8,10,13H,4-6,9H2,1-3H3. The second-order valence-corrected chi connectivity index (χ2v) is 4.95. The van der Waals surface area contributed by atoms with E-state index < -0.39 is 0 Å². The van der Waals surface area contributed by atoms with Gasteiger partial charge in [0.05, 0.1) is 11.8 Å². The molecule has 1 aliphatic rings. The quantitative estimate of drug-likeness (QED) is 0.843. The first-order valence-corrected chi connectivity index (χ1v) is 5.95. The van der Waals surface area contributed by atoms with Crippen molar-refractivity contribution >= 4 is 0 Å². The molecule has 0 bridgehead atoms. The Balaban J connectivity index is 1.86. The fraction of sp³-hybridized carbons (Fsp3) is 0.750. The summed E-state index contributed by atoms with van der Waals surface area (Å²) in [5, 5.41) is 7.70. The fourth-order valence-corrected chi connectivity index (χ4v) is 2.13. The summed E-state index contributed by atoms with van der Waals surface area (Å²) < 4.78 is 7.58. The monoisotopic (exact) mass is 223 g/mol. The molecule has 1 fully saturated rings. The topological polar surface area (TPSA) is 39.1 Å². The van der Waals surface area contributed by atoms with E-state index in [-0.39, 0.29) is 5.60 Å². The Morgan fingerprint density at radius 3 is 3.06 bits per heavy atom. The number of hydrogen-bond donors (Lipinski definition) is 1. The van der Waals surface area contributed by atoms with Crippen LogP contribution in [0.5, 0.6) is 0 Å². The van der Waals surface area contributed by atoms with E-state index in [4.69, 9.17) is 4.74 Å². The summed E-state index contributed by atoms with van der Waals surface area (Å²) in [5.41, 5.74) is 1.25. The van der Waals surface area contributed by atoms with Crippen molar-refractivity contribution in [3.63, 3.8) is 0 Å². The molecule has 1 aromatic heterocycles. The molecule has 1 saturated heterocycles. The van der Waals surface area contributed by atoms with Crippen LogP contribution in [0.15, 0.2) is 12.4 Å². The maximum atomic E-state index is 5.75. The normalized spacial score (nSPS) is 27.2. The number of nitrogens with one attached hydrogen (secondary N) is 1. The van der Waals surface area contributed by atoms with Gasteiger partial charge in [-0.15, -0.1) is 0 Å². The van der Waals surface area contributed by atoms with E-state index in [0.717, 1.165) is 19.6 Å². The van der Waals surface area contributed by atoms with Crippen LogP contribution >= 0.6 is 0 Å². The third kappa shape index (κ3) is 2.62. The molecule has 2 atom stereocenters. The average Bonchev–Trinajstić information content (AvgIpc) is 2.85. The molecule has 4 nitrogen and oxygen atoms in total. The summed E-state index contributed by atoms with van der Waals surface area (Å²) in [7, 11) is 1.94. The lowest BCUT2D eigenvalue weighted by molar-refractivity contribution is 0.0191. The summed E-state index contributed by atoms with van der Waals surface area (Å²) >= 11 is 0. The molecule has 1 aromatic rings. The molecular formula is C12H21N3O. The lowest BCUT2D eigenvalue weighted by Crippen LogP contribution is -2.38. The number of aromatic nitrogens is 2. The van der Waals surface area contributed by atoms with Gasteiger partial charge in [-0.1, -0.05) is 0 Å². The van der Waals surface area contributed by atoms with Crippen LogP contribution in [0.2, 0.25) is 0 Å². The van der Waals surface area contributed by atoms with Crippen molar-refractivity contribution in [2.24, 2.45) is 7.05 Å². The minimum Gasteiger partial charge on any atom is -0.374 e. The zero-order valence-corrected chi connectivity index (χ0v) is 10.4. The van der Waals surface area contributed by atoms with E-state index in [1.807, 2.05) is 17.9 Å². The van der Waals surface area contributed by atoms with Crippen LogP contribution in [0.1, 0.15) is 38.3 Å². The molecule has 2 heterocycles. The van der Waals surface area contributed by atoms with E-state index in [1.54, 1.807) is 0 Å². The lowest BCUT2D eigenvalue weighted by atomic mass is 10.0. The van der Waals surface area contributed by atoms with E-state index in [2.05, 4.69) is 30.5 Å². The molecular weight excluding hydrogens is 202 g/mol. The van der Waals surface area contributed by atoms with Crippen molar-refractivity contribution in [3.05, 3.63) is 18.0 Å². The van der Waals surface area contributed by atoms with Gasteiger partial charge in [-0.25, -0.2) is 0 Å². The van der Waals surface area contributed by atoms with E-state index in [1.165, 1.54) is 12.0 Å². The summed E-state index contributed by atoms with van der Waals surface area (Å²) in [6, 6.07) is 0.328. The predicted molar refractivity (Wildman–Crippen MR) is 63.2 cm³/mol. The predicted octanol–water partition coefficient (Wildman–Crippen LogP) is 1.64. The van der Waals surface area contributed by atoms with Crippen molar-refractivity contribution in [2.75, 3.05) is 13.2 Å². The highest BCUT2D eigenvalue weighted by Gasteiger charge is 2.29. The second-order valence-electron chi connectivity index (χ2n) is 4.95. The Labute approximate surface area is 97.0 Å². The van der Waals surface area contributed by atoms with Crippen LogP contribution in [0.3, 0.4) is 0 Å². The summed E-state index contributed by atoms with van der Waals surface area (Å²) in [4.78, 5) is 0. The molecule has 0 aromatic carbocycles. The van der Waals surface area contributed by atoms with E-state index in [9.17, 15) is 0 Å². The van der Waals surface area contributed by atoms with Gasteiger partial charge in [0.25, 0.3) is 0 Å². The Kier molecular flexibility index (Phi) is 3.30. The largest absolute Gasteiger partial charge is 0.374 e. The molecule has 1 N–H and O–H groups in total. The first-order chi connectivity index (χ1) is 7.59. The Bertz CT molecular complexity index is 342. The van der Waals surface area contributed by atoms with Crippen LogP contribution in [0.4, 0.5) is 0 Å². The van der Waals surface area contributed by atoms with Crippen molar-refractivity contribution in [2.45, 2.75) is 38.3 Å². The summed E-state index contributed by atoms with van der Waals surface area (Å²) in [6.45, 7) is 6.15. The molecule has 2 unspecified atom stereocenters. The molecule has 90 valence electrons. The van der Waals surface area contributed by atoms with Gasteiger partial charge < -0.3 is 10.1 Å². The molecule has 0 aliphatic carbocycles. The van der Waals surface area contributed by atoms with Crippen LogP contribution in [0, 0.1) is 0 Å². The Morgan fingerprint density at radius 1 is 1.69 bits per heavy atom. The molecule has 0 amide bonds. The van der Waals surface area contributed by atoms with Gasteiger partial charge in [-0.3, -0.25) is 4.68 Å². The SMILES string of the molecule is CC(NCC1(C)CCCO1)c1cnn(C)c1. The number of aryl methyl sites for hydroxylation is 1. The van der Waals surface area contributed by atoms with Gasteiger partial charge in [0.1, 0.15) is 0 Å². The highest BCUT2D eigenvalue weighted by atomic mass is 16.5. The minimum atomic E-state index is 0.0243. The molecule has 0 radical (unpaired) electrons. The van der Waals surface area contributed by atoms with Crippen molar-refractivity contribution in [3.8, 4) is 0 Å². The number of ether oxygens (including phenoxy) is 1. The summed E-state index contributed by atoms with van der Waals surface area (Å²) in [6.07, 6.45) is 6.30. The highest BCUT2D eigenvalue weighted by molar-refractivity contribution is 5.09. The second kappa shape index (κ2) is 4.55. The molecule has 16 heavy (non-hydrogen) atoms. The summed E-state index contributed by atoms with van der Waals surface area (Å²) in [5.74, 6) is 0. The maximum Gasteiger partial charge on any atom is 0.0779 e. The van der Waals surface area contributed by atoms with Gasteiger partial charge in [-0.05, 0) is 26.7 Å². The van der Waals surface area contributed by atoms with E-state index >= 15 is 0 Å². The number of hydrogen-bond acceptors (Lipinski definition) is 3. The van der Waals surface area contributed by atoms with Gasteiger partial charge >= 0.3 is 0 Å². The van der Waals surface area contributed by atoms with Crippen molar-refractivity contribution in [1.82, 2.24) is 15.1 Å². The van der Waals surface area contributed by atoms with E-state index in [0.29, 0.717) is 6.04 Å². The first-order valence-electron chi connectivity index (χ1n) is 5.95. The molecule has 4 heteroatoms. The highest BCUT2D eigenvalue weighted by Crippen LogP contribution is 2.25. The minimum absolute atomic E-state index is 0.0243. The van der Waals surface area contributed by atoms with Crippen molar-refractivity contribution in [1.29, 1.82) is 0 Å². The van der Waals surface area contributed by atoms with Crippen LogP contribution < -0.4 is 5.32 Å². The third-order valence-corrected chi connectivity index (χ3v) is 3.31. The van der Waals surface area contributed by atoms with Gasteiger partial charge in [-0.2, -0.15) is 5.10 Å². The number of rotatable bonds is 4. The lowest BCUT2D eigenvalue weighted by Gasteiger charge is -2.25. The zero-order valence-electron chi connectivity index (χ0n) is 10.4. The number of nitrogens with zero attached hydrogens (tertiary/aromatic N) is 2. The van der Waals surface area contributed by atoms with Crippen LogP contribution in [-0.2, 0) is 11.8 Å². The fourth-order valence-electron chi connectivity index (χ4n) is 2.13. The third-order valence-electron chi connectivity index (χ3n) is 3.31. The molecule has 0 spiro atoms. The molecule has 0 saturated carbocycles. The molecule has 1 aliphatic heterocycles. The van der Waals surface area contributed by atoms with Gasteiger partial charge in [0.15, 0.2) is 0 Å². The maximum absolute atomic E-state index is 5.75. The van der Waals surface area contributed by atoms with Crippen LogP contribution in [-0.4, -0.2) is 28.5 Å². The average molecular weight is 223 g/mol. The Morgan fingerprint density at radius 2 is 2.50 bits per heavy atom. The molecule has 2 rings (SSSR count). The Hall–Kier alpha value is -0.870. The van der Waals surface area contributed by atoms with Gasteiger partial charge in [0.2, 0.25) is 0 Å². The zero-order chi connectivity index (χ0) is 11.6.